The molecule has 0 amide bonds. The Morgan fingerprint density at radius 1 is 1.14 bits per heavy atom. The molecule has 2 heterocycles. The van der Waals surface area contributed by atoms with Gasteiger partial charge in [-0.1, -0.05) is 20.8 Å². The van der Waals surface area contributed by atoms with Crippen molar-refractivity contribution in [3.05, 3.63) is 45.7 Å². The predicted octanol–water partition coefficient (Wildman–Crippen LogP) is 3.94. The van der Waals surface area contributed by atoms with Gasteiger partial charge in [0.2, 0.25) is 10.0 Å². The number of aromatic nitrogens is 1. The van der Waals surface area contributed by atoms with Gasteiger partial charge in [0.1, 0.15) is 5.56 Å². The molecule has 0 saturated heterocycles. The highest BCUT2D eigenvalue weighted by Crippen LogP contribution is 2.45. The van der Waals surface area contributed by atoms with Gasteiger partial charge in [-0.2, -0.15) is 0 Å². The molecule has 1 N–H and O–H groups in total. The summed E-state index contributed by atoms with van der Waals surface area (Å²) < 4.78 is 43.6. The Balaban J connectivity index is 1.88. The second-order valence-corrected chi connectivity index (χ2v) is 12.2. The number of hydrogen-bond acceptors (Lipinski definition) is 7. The highest BCUT2D eigenvalue weighted by Gasteiger charge is 2.34. The van der Waals surface area contributed by atoms with E-state index in [1.807, 2.05) is 16.7 Å². The lowest BCUT2D eigenvalue weighted by Crippen LogP contribution is -2.33. The average Bonchev–Trinajstić information content (AvgIpc) is 2.80. The molecule has 0 aliphatic carbocycles. The van der Waals surface area contributed by atoms with Crippen LogP contribution in [0.3, 0.4) is 0 Å². The van der Waals surface area contributed by atoms with Gasteiger partial charge in [0.25, 0.3) is 0 Å². The number of sulfonamides is 1. The summed E-state index contributed by atoms with van der Waals surface area (Å²) >= 11 is 0. The number of fused-ring (bicyclic) bond motifs is 3. The predicted molar refractivity (Wildman–Crippen MR) is 143 cm³/mol. The van der Waals surface area contributed by atoms with E-state index in [1.165, 1.54) is 6.07 Å². The smallest absolute Gasteiger partial charge is 0.343 e. The molecule has 0 radical (unpaired) electrons. The molecule has 1 atom stereocenters. The van der Waals surface area contributed by atoms with E-state index in [9.17, 15) is 18.0 Å². The van der Waals surface area contributed by atoms with Crippen molar-refractivity contribution in [1.82, 2.24) is 9.29 Å². The zero-order valence-corrected chi connectivity index (χ0v) is 23.4. The summed E-state index contributed by atoms with van der Waals surface area (Å²) in [5.74, 6) is 0.567. The Morgan fingerprint density at radius 2 is 1.86 bits per heavy atom. The fourth-order valence-electron chi connectivity index (χ4n) is 4.54. The van der Waals surface area contributed by atoms with Crippen LogP contribution >= 0.6 is 0 Å². The Morgan fingerprint density at radius 3 is 2.49 bits per heavy atom. The summed E-state index contributed by atoms with van der Waals surface area (Å²) in [7, 11) is -1.60. The minimum absolute atomic E-state index is 0.00707. The Kier molecular flexibility index (Phi) is 9.07. The number of carbonyl (C=O) groups is 1. The summed E-state index contributed by atoms with van der Waals surface area (Å²) in [6.45, 7) is 9.19. The van der Waals surface area contributed by atoms with Gasteiger partial charge < -0.3 is 18.8 Å². The quantitative estimate of drug-likeness (QED) is 0.343. The van der Waals surface area contributed by atoms with Gasteiger partial charge in [0.05, 0.1) is 32.3 Å². The van der Waals surface area contributed by atoms with Gasteiger partial charge >= 0.3 is 5.97 Å². The minimum atomic E-state index is -3.17. The molecule has 0 saturated carbocycles. The van der Waals surface area contributed by atoms with Crippen molar-refractivity contribution in [3.8, 4) is 22.8 Å². The zero-order chi connectivity index (χ0) is 27.4. The van der Waals surface area contributed by atoms with E-state index in [4.69, 9.17) is 14.2 Å². The lowest BCUT2D eigenvalue weighted by molar-refractivity contribution is 0.0523. The molecule has 0 bridgehead atoms. The molecule has 1 unspecified atom stereocenters. The van der Waals surface area contributed by atoms with Crippen LogP contribution in [0.4, 0.5) is 0 Å². The van der Waals surface area contributed by atoms with Crippen LogP contribution in [-0.4, -0.2) is 52.1 Å². The third-order valence-electron chi connectivity index (χ3n) is 6.43. The standard InChI is InChI=1S/C27H38N2O7S/c1-7-35-26(31)20-17-29-21(16-22(20)30)19-15-23(34-5)24(13-18(19)14-25(29)27(2,3)4)36-12-10-8-9-11-28-37(6,32)33/h13,15-17,25,28H,7-12,14H2,1-6H3. The van der Waals surface area contributed by atoms with Crippen molar-refractivity contribution in [2.45, 2.75) is 59.4 Å². The van der Waals surface area contributed by atoms with Crippen molar-refractivity contribution in [2.24, 2.45) is 5.41 Å². The zero-order valence-electron chi connectivity index (χ0n) is 22.5. The molecule has 1 aliphatic heterocycles. The molecular weight excluding hydrogens is 496 g/mol. The summed E-state index contributed by atoms with van der Waals surface area (Å²) in [5, 5.41) is 0. The molecule has 3 rings (SSSR count). The fourth-order valence-corrected chi connectivity index (χ4v) is 5.06. The van der Waals surface area contributed by atoms with Crippen molar-refractivity contribution in [1.29, 1.82) is 0 Å². The number of rotatable bonds is 11. The molecule has 2 aromatic rings. The number of unbranched alkanes of at least 4 members (excludes halogenated alkanes) is 2. The molecule has 0 fully saturated rings. The van der Waals surface area contributed by atoms with E-state index in [0.29, 0.717) is 31.1 Å². The number of nitrogens with zero attached hydrogens (tertiary/aromatic N) is 1. The number of pyridine rings is 1. The monoisotopic (exact) mass is 534 g/mol. The van der Waals surface area contributed by atoms with Crippen molar-refractivity contribution < 1.29 is 27.4 Å². The SMILES string of the molecule is CCOC(=O)c1cn2c(cc1=O)-c1cc(OC)c(OCCCCCNS(C)(=O)=O)cc1CC2C(C)(C)C. The summed E-state index contributed by atoms with van der Waals surface area (Å²) in [6, 6.07) is 5.36. The lowest BCUT2D eigenvalue weighted by Gasteiger charge is -2.39. The van der Waals surface area contributed by atoms with Crippen molar-refractivity contribution in [2.75, 3.05) is 33.1 Å². The van der Waals surface area contributed by atoms with Crippen LogP contribution in [0.1, 0.15) is 68.9 Å². The Bertz CT molecular complexity index is 1290. The minimum Gasteiger partial charge on any atom is -0.493 e. The molecule has 1 aromatic carbocycles. The van der Waals surface area contributed by atoms with E-state index in [-0.39, 0.29) is 29.1 Å². The number of hydrogen-bond donors (Lipinski definition) is 1. The topological polar surface area (TPSA) is 113 Å². The highest BCUT2D eigenvalue weighted by molar-refractivity contribution is 7.88. The van der Waals surface area contributed by atoms with E-state index >= 15 is 0 Å². The Labute approximate surface area is 219 Å². The number of nitrogens with one attached hydrogen (secondary N) is 1. The first-order valence-electron chi connectivity index (χ1n) is 12.6. The van der Waals surface area contributed by atoms with Crippen LogP contribution in [0, 0.1) is 5.41 Å². The van der Waals surface area contributed by atoms with Crippen LogP contribution < -0.4 is 19.6 Å². The molecule has 1 aliphatic rings. The molecule has 1 aromatic heterocycles. The average molecular weight is 535 g/mol. The number of esters is 1. The first-order valence-corrected chi connectivity index (χ1v) is 14.5. The number of benzene rings is 1. The molecule has 9 nitrogen and oxygen atoms in total. The number of carbonyl (C=O) groups excluding carboxylic acids is 1. The normalized spacial score (nSPS) is 15.0. The van der Waals surface area contributed by atoms with Crippen LogP contribution in [-0.2, 0) is 21.2 Å². The molecular formula is C27H38N2O7S. The molecule has 204 valence electrons. The van der Waals surface area contributed by atoms with Crippen LogP contribution in [0.15, 0.2) is 29.2 Å². The maximum Gasteiger partial charge on any atom is 0.343 e. The van der Waals surface area contributed by atoms with E-state index in [0.717, 1.165) is 42.3 Å². The van der Waals surface area contributed by atoms with E-state index < -0.39 is 16.0 Å². The van der Waals surface area contributed by atoms with Gasteiger partial charge in [-0.15, -0.1) is 0 Å². The van der Waals surface area contributed by atoms with Crippen LogP contribution in [0.25, 0.3) is 11.3 Å². The van der Waals surface area contributed by atoms with Gasteiger partial charge in [-0.25, -0.2) is 17.9 Å². The maximum absolute atomic E-state index is 12.9. The van der Waals surface area contributed by atoms with Crippen molar-refractivity contribution in [3.63, 3.8) is 0 Å². The largest absolute Gasteiger partial charge is 0.493 e. The highest BCUT2D eigenvalue weighted by atomic mass is 32.2. The third-order valence-corrected chi connectivity index (χ3v) is 7.16. The first kappa shape index (κ1) is 28.7. The van der Waals surface area contributed by atoms with Gasteiger partial charge in [0.15, 0.2) is 16.9 Å². The van der Waals surface area contributed by atoms with Gasteiger partial charge in [0, 0.05) is 30.4 Å². The fraction of sp³-hybridized carbons (Fsp3) is 0.556. The maximum atomic E-state index is 12.9. The van der Waals surface area contributed by atoms with Crippen molar-refractivity contribution >= 4 is 16.0 Å². The second kappa shape index (κ2) is 11.7. The summed E-state index contributed by atoms with van der Waals surface area (Å²) in [5.41, 5.74) is 2.12. The summed E-state index contributed by atoms with van der Waals surface area (Å²) in [6.07, 6.45) is 5.78. The molecule has 10 heteroatoms. The van der Waals surface area contributed by atoms with E-state index in [1.54, 1.807) is 20.2 Å². The van der Waals surface area contributed by atoms with Crippen LogP contribution in [0.5, 0.6) is 11.5 Å². The van der Waals surface area contributed by atoms with Crippen LogP contribution in [0.2, 0.25) is 0 Å². The molecule has 0 spiro atoms. The number of ether oxygens (including phenoxy) is 3. The molecule has 37 heavy (non-hydrogen) atoms. The van der Waals surface area contributed by atoms with Gasteiger partial charge in [-0.3, -0.25) is 4.79 Å². The van der Waals surface area contributed by atoms with Gasteiger partial charge in [-0.05, 0) is 55.7 Å². The summed E-state index contributed by atoms with van der Waals surface area (Å²) in [4.78, 5) is 25.3. The Hall–Kier alpha value is -2.85. The first-order chi connectivity index (χ1) is 17.4. The van der Waals surface area contributed by atoms with E-state index in [2.05, 4.69) is 25.5 Å². The second-order valence-electron chi connectivity index (χ2n) is 10.4. The lowest BCUT2D eigenvalue weighted by atomic mass is 9.78. The number of methoxy groups -OCH3 is 1. The third kappa shape index (κ3) is 7.13.